The first-order valence-electron chi connectivity index (χ1n) is 9.50. The number of pyridine rings is 1. The van der Waals surface area contributed by atoms with Crippen molar-refractivity contribution in [2.75, 3.05) is 42.6 Å². The highest BCUT2D eigenvalue weighted by Gasteiger charge is 2.36. The topological polar surface area (TPSA) is 97.7 Å². The minimum atomic E-state index is -0.598. The molecule has 2 aliphatic rings. The van der Waals surface area contributed by atoms with Gasteiger partial charge in [-0.25, -0.2) is 0 Å². The van der Waals surface area contributed by atoms with E-state index in [4.69, 9.17) is 39.4 Å². The Kier molecular flexibility index (Phi) is 5.46. The van der Waals surface area contributed by atoms with Crippen LogP contribution in [-0.4, -0.2) is 48.1 Å². The van der Waals surface area contributed by atoms with Gasteiger partial charge in [-0.15, -0.1) is 0 Å². The molecule has 1 saturated heterocycles. The Labute approximate surface area is 179 Å². The average Bonchev–Trinajstić information content (AvgIpc) is 2.69. The van der Waals surface area contributed by atoms with E-state index in [1.807, 2.05) is 22.8 Å². The summed E-state index contributed by atoms with van der Waals surface area (Å²) in [5, 5.41) is 1.20. The molecular formula is C20H23Cl2N5O2. The van der Waals surface area contributed by atoms with E-state index in [1.54, 1.807) is 12.3 Å². The lowest BCUT2D eigenvalue weighted by Gasteiger charge is -2.40. The fourth-order valence-electron chi connectivity index (χ4n) is 4.13. The second kappa shape index (κ2) is 7.89. The summed E-state index contributed by atoms with van der Waals surface area (Å²) >= 11 is 12.6. The van der Waals surface area contributed by atoms with E-state index in [-0.39, 0.29) is 11.9 Å². The zero-order chi connectivity index (χ0) is 20.7. The predicted molar refractivity (Wildman–Crippen MR) is 115 cm³/mol. The number of amides is 1. The molecule has 0 radical (unpaired) electrons. The van der Waals surface area contributed by atoms with Crippen molar-refractivity contribution in [3.05, 3.63) is 45.7 Å². The van der Waals surface area contributed by atoms with E-state index in [1.165, 1.54) is 6.20 Å². The minimum Gasteiger partial charge on any atom is -0.396 e. The van der Waals surface area contributed by atoms with Crippen LogP contribution in [0.5, 0.6) is 0 Å². The number of morpholine rings is 1. The summed E-state index contributed by atoms with van der Waals surface area (Å²) in [6.45, 7) is 3.99. The van der Waals surface area contributed by atoms with Crippen LogP contribution in [0.15, 0.2) is 24.5 Å². The Morgan fingerprint density at radius 3 is 2.83 bits per heavy atom. The molecule has 4 rings (SSSR count). The molecule has 1 amide bonds. The highest BCUT2D eigenvalue weighted by Crippen LogP contribution is 2.37. The lowest BCUT2D eigenvalue weighted by atomic mass is 9.93. The van der Waals surface area contributed by atoms with Crippen molar-refractivity contribution >= 4 is 46.2 Å². The van der Waals surface area contributed by atoms with Gasteiger partial charge in [0.15, 0.2) is 6.10 Å². The van der Waals surface area contributed by atoms with E-state index in [9.17, 15) is 4.79 Å². The van der Waals surface area contributed by atoms with Crippen molar-refractivity contribution in [3.8, 4) is 0 Å². The van der Waals surface area contributed by atoms with Gasteiger partial charge in [-0.05, 0) is 36.6 Å². The largest absolute Gasteiger partial charge is 0.396 e. The van der Waals surface area contributed by atoms with E-state index >= 15 is 0 Å². The van der Waals surface area contributed by atoms with E-state index in [0.717, 1.165) is 16.8 Å². The predicted octanol–water partition coefficient (Wildman–Crippen LogP) is 2.90. The lowest BCUT2D eigenvalue weighted by Crippen LogP contribution is -2.53. The monoisotopic (exact) mass is 435 g/mol. The van der Waals surface area contributed by atoms with Gasteiger partial charge >= 0.3 is 0 Å². The zero-order valence-electron chi connectivity index (χ0n) is 16.1. The molecule has 0 aliphatic carbocycles. The van der Waals surface area contributed by atoms with Gasteiger partial charge in [-0.3, -0.25) is 9.78 Å². The van der Waals surface area contributed by atoms with Gasteiger partial charge < -0.3 is 26.0 Å². The first kappa shape index (κ1) is 20.1. The smallest absolute Gasteiger partial charge is 0.254 e. The summed E-state index contributed by atoms with van der Waals surface area (Å²) < 4.78 is 5.82. The third-order valence-electron chi connectivity index (χ3n) is 5.65. The van der Waals surface area contributed by atoms with Crippen LogP contribution in [0.2, 0.25) is 10.0 Å². The van der Waals surface area contributed by atoms with Crippen molar-refractivity contribution in [3.63, 3.8) is 0 Å². The number of rotatable bonds is 2. The van der Waals surface area contributed by atoms with Gasteiger partial charge in [-0.2, -0.15) is 0 Å². The van der Waals surface area contributed by atoms with Crippen LogP contribution in [0.25, 0.3) is 0 Å². The van der Waals surface area contributed by atoms with E-state index in [2.05, 4.69) is 4.98 Å². The van der Waals surface area contributed by atoms with Crippen molar-refractivity contribution in [2.24, 2.45) is 0 Å². The lowest BCUT2D eigenvalue weighted by molar-refractivity contribution is -0.147. The molecule has 2 atom stereocenters. The third-order valence-corrected chi connectivity index (χ3v) is 6.18. The van der Waals surface area contributed by atoms with Gasteiger partial charge in [0, 0.05) is 23.1 Å². The Balaban J connectivity index is 1.54. The summed E-state index contributed by atoms with van der Waals surface area (Å²) in [5.74, 6) is -0.0608. The molecule has 1 aromatic heterocycles. The van der Waals surface area contributed by atoms with Gasteiger partial charge in [0.25, 0.3) is 5.91 Å². The van der Waals surface area contributed by atoms with Crippen LogP contribution in [0.3, 0.4) is 0 Å². The van der Waals surface area contributed by atoms with Crippen LogP contribution in [0.1, 0.15) is 24.1 Å². The summed E-state index contributed by atoms with van der Waals surface area (Å²) in [6.07, 6.45) is 3.29. The maximum Gasteiger partial charge on any atom is 0.254 e. The molecule has 1 aromatic carbocycles. The Hall–Kier alpha value is -2.22. The van der Waals surface area contributed by atoms with Crippen LogP contribution in [0, 0.1) is 0 Å². The highest BCUT2D eigenvalue weighted by atomic mass is 35.5. The molecule has 7 nitrogen and oxygen atoms in total. The van der Waals surface area contributed by atoms with E-state index in [0.29, 0.717) is 54.1 Å². The first-order valence-corrected chi connectivity index (χ1v) is 10.3. The molecule has 4 N–H and O–H groups in total. The fraction of sp³-hybridized carbons (Fsp3) is 0.400. The molecule has 0 unspecified atom stereocenters. The number of carbonyl (C=O) groups is 1. The van der Waals surface area contributed by atoms with E-state index < -0.39 is 6.10 Å². The van der Waals surface area contributed by atoms with Gasteiger partial charge in [0.05, 0.1) is 48.6 Å². The molecule has 0 bridgehead atoms. The Morgan fingerprint density at radius 1 is 1.24 bits per heavy atom. The van der Waals surface area contributed by atoms with Gasteiger partial charge in [0.1, 0.15) is 0 Å². The molecule has 9 heteroatoms. The molecule has 2 aromatic rings. The maximum atomic E-state index is 13.3. The summed E-state index contributed by atoms with van der Waals surface area (Å²) in [6, 6.07) is 3.49. The second-order valence-corrected chi connectivity index (χ2v) is 8.23. The number of aromatic nitrogens is 1. The van der Waals surface area contributed by atoms with Crippen molar-refractivity contribution in [2.45, 2.75) is 25.5 Å². The number of benzene rings is 1. The number of anilines is 3. The highest BCUT2D eigenvalue weighted by molar-refractivity contribution is 6.35. The van der Waals surface area contributed by atoms with Gasteiger partial charge in [-0.1, -0.05) is 23.2 Å². The number of hydrogen-bond acceptors (Lipinski definition) is 6. The molecule has 0 saturated carbocycles. The van der Waals surface area contributed by atoms with Crippen LogP contribution < -0.4 is 16.4 Å². The molecule has 1 fully saturated rings. The standard InChI is InChI=1S/C20H23Cl2N5O2/c1-11-18-12(6-13(21)7-14(18)22)2-3-27(11)20(28)17-10-26(4-5-29-17)16-9-25-8-15(23)19(16)24/h6-9,11,17H,2-5,10,23H2,1H3,(H2,24,25)/t11-,17+/m0/s1. The van der Waals surface area contributed by atoms with Crippen LogP contribution in [0.4, 0.5) is 17.1 Å². The summed E-state index contributed by atoms with van der Waals surface area (Å²) in [5.41, 5.74) is 15.7. The summed E-state index contributed by atoms with van der Waals surface area (Å²) in [7, 11) is 0. The Morgan fingerprint density at radius 2 is 2.03 bits per heavy atom. The van der Waals surface area contributed by atoms with Crippen molar-refractivity contribution < 1.29 is 9.53 Å². The molecule has 29 heavy (non-hydrogen) atoms. The minimum absolute atomic E-state index is 0.0608. The molecule has 3 heterocycles. The quantitative estimate of drug-likeness (QED) is 0.752. The number of nitrogens with zero attached hydrogens (tertiary/aromatic N) is 3. The first-order chi connectivity index (χ1) is 13.9. The fourth-order valence-corrected chi connectivity index (χ4v) is 4.83. The number of nitrogen functional groups attached to an aromatic ring is 2. The zero-order valence-corrected chi connectivity index (χ0v) is 17.6. The molecule has 0 spiro atoms. The Bertz CT molecular complexity index is 955. The summed E-state index contributed by atoms with van der Waals surface area (Å²) in [4.78, 5) is 21.3. The molecular weight excluding hydrogens is 413 g/mol. The molecule has 2 aliphatic heterocycles. The number of halogens is 2. The van der Waals surface area contributed by atoms with Crippen LogP contribution in [-0.2, 0) is 16.0 Å². The maximum absolute atomic E-state index is 13.3. The number of nitrogens with two attached hydrogens (primary N) is 2. The van der Waals surface area contributed by atoms with Crippen LogP contribution >= 0.6 is 23.2 Å². The number of hydrogen-bond donors (Lipinski definition) is 2. The molecule has 154 valence electrons. The number of ether oxygens (including phenoxy) is 1. The second-order valence-electron chi connectivity index (χ2n) is 7.38. The third kappa shape index (κ3) is 3.70. The SMILES string of the molecule is C[C@H]1c2c(Cl)cc(Cl)cc2CCN1C(=O)[C@H]1CN(c2cncc(N)c2N)CCO1. The van der Waals surface area contributed by atoms with Crippen molar-refractivity contribution in [1.82, 2.24) is 9.88 Å². The average molecular weight is 436 g/mol. The van der Waals surface area contributed by atoms with Crippen molar-refractivity contribution in [1.29, 1.82) is 0 Å². The normalized spacial score (nSPS) is 21.8. The van der Waals surface area contributed by atoms with Gasteiger partial charge in [0.2, 0.25) is 0 Å². The number of fused-ring (bicyclic) bond motifs is 1. The number of carbonyl (C=O) groups excluding carboxylic acids is 1.